The number of rotatable bonds is 13. The van der Waals surface area contributed by atoms with Gasteiger partial charge in [0.2, 0.25) is 0 Å². The first kappa shape index (κ1) is 40.4. The van der Waals surface area contributed by atoms with Crippen molar-refractivity contribution in [2.24, 2.45) is 11.3 Å². The number of aromatic amines is 1. The Morgan fingerprint density at radius 2 is 1.77 bits per heavy atom. The number of carbonyl (C=O) groups is 1. The third kappa shape index (κ3) is 8.18. The van der Waals surface area contributed by atoms with Crippen molar-refractivity contribution in [2.45, 2.75) is 74.6 Å². The summed E-state index contributed by atoms with van der Waals surface area (Å²) < 4.78 is 41.3. The highest BCUT2D eigenvalue weighted by Gasteiger charge is 2.50. The van der Waals surface area contributed by atoms with E-state index in [2.05, 4.69) is 59.2 Å². The van der Waals surface area contributed by atoms with Gasteiger partial charge in [0.05, 0.1) is 27.3 Å². The minimum Gasteiger partial charge on any atom is -0.455 e. The number of piperidine rings is 1. The van der Waals surface area contributed by atoms with Gasteiger partial charge in [0.1, 0.15) is 22.8 Å². The van der Waals surface area contributed by atoms with Gasteiger partial charge in [-0.15, -0.1) is 0 Å². The quantitative estimate of drug-likeness (QED) is 0.0771. The monoisotopic (exact) mass is 860 g/mol. The first-order valence-electron chi connectivity index (χ1n) is 21.9. The Balaban J connectivity index is 0.841. The Kier molecular flexibility index (Phi) is 10.8. The van der Waals surface area contributed by atoms with Crippen LogP contribution >= 0.6 is 0 Å². The van der Waals surface area contributed by atoms with Gasteiger partial charge in [-0.3, -0.25) is 14.9 Å². The fraction of sp³-hybridized carbons (Fsp3) is 0.435. The van der Waals surface area contributed by atoms with Crippen molar-refractivity contribution in [3.63, 3.8) is 0 Å². The van der Waals surface area contributed by atoms with Gasteiger partial charge in [0, 0.05) is 81.4 Å². The second-order valence-corrected chi connectivity index (χ2v) is 19.4. The van der Waals surface area contributed by atoms with E-state index in [0.29, 0.717) is 48.5 Å². The van der Waals surface area contributed by atoms with Gasteiger partial charge in [-0.05, 0) is 123 Å². The van der Waals surface area contributed by atoms with Gasteiger partial charge in [-0.1, -0.05) is 18.2 Å². The van der Waals surface area contributed by atoms with Gasteiger partial charge in [-0.25, -0.2) is 23.1 Å². The van der Waals surface area contributed by atoms with E-state index in [-0.39, 0.29) is 22.9 Å². The molecule has 16 heteroatoms. The summed E-state index contributed by atoms with van der Waals surface area (Å²) >= 11 is 0. The Hall–Kier alpha value is -5.71. The molecule has 62 heavy (non-hydrogen) atoms. The average Bonchev–Trinajstić information content (AvgIpc) is 3.82. The van der Waals surface area contributed by atoms with Crippen molar-refractivity contribution >= 4 is 49.7 Å². The van der Waals surface area contributed by atoms with Crippen molar-refractivity contribution in [3.8, 4) is 11.5 Å². The number of pyridine rings is 1. The molecule has 10 rings (SSSR count). The number of para-hydroxylation sites is 1. The second kappa shape index (κ2) is 16.5. The maximum absolute atomic E-state index is 13.9. The smallest absolute Gasteiger partial charge is 0.293 e. The van der Waals surface area contributed by atoms with Crippen LogP contribution in [0.3, 0.4) is 0 Å². The van der Waals surface area contributed by atoms with Crippen LogP contribution in [0.25, 0.3) is 11.0 Å². The molecular weight excluding hydrogens is 809 g/mol. The molecule has 0 unspecified atom stereocenters. The van der Waals surface area contributed by atoms with Gasteiger partial charge >= 0.3 is 0 Å². The Bertz CT molecular complexity index is 2590. The number of amides is 1. The standard InChI is InChI=1S/C46H52N8O7S/c55-45(50-62(58,59)37-9-11-40(42(26-37)54(56)57)48-29-31-13-22-60-23-14-31)39-10-8-34(25-43(39)61-36-24-33-12-17-47-44(33)49-30-36)51-20-15-46(16-21-51)27-35(28-46)52-18-3-19-53(52)41-5-2-1-4-38(41)32-6-7-32/h1-2,4-5,8-12,17,24-26,30-32,35,48H,3,6-7,13-16,18-23,27-29H2,(H,47,49)(H,50,55). The maximum atomic E-state index is 13.9. The minimum absolute atomic E-state index is 0.00974. The first-order chi connectivity index (χ1) is 30.1. The SMILES string of the molecule is O=C(NS(=O)(=O)c1ccc(NCC2CCOCC2)c([N+](=O)[O-])c1)c1ccc(N2CCC3(CC2)CC(N2CCCN2c2ccccc2C2CC2)C3)cc1Oc1cnc2[nH]ccc2c1. The van der Waals surface area contributed by atoms with E-state index < -0.39 is 31.4 Å². The molecule has 3 aromatic carbocycles. The number of carbonyl (C=O) groups excluding carboxylic acids is 1. The number of nitrogens with one attached hydrogen (secondary N) is 3. The van der Waals surface area contributed by atoms with Crippen LogP contribution < -0.4 is 24.7 Å². The number of nitrogens with zero attached hydrogens (tertiary/aromatic N) is 5. The summed E-state index contributed by atoms with van der Waals surface area (Å²) in [5.74, 6) is 0.593. The van der Waals surface area contributed by atoms with Crippen LogP contribution in [-0.2, 0) is 14.8 Å². The topological polar surface area (TPSA) is 175 Å². The zero-order valence-corrected chi connectivity index (χ0v) is 35.4. The molecule has 2 aromatic heterocycles. The molecule has 0 bridgehead atoms. The number of nitro groups is 1. The van der Waals surface area contributed by atoms with E-state index in [4.69, 9.17) is 9.47 Å². The lowest BCUT2D eigenvalue weighted by molar-refractivity contribution is -0.384. The highest BCUT2D eigenvalue weighted by molar-refractivity contribution is 7.90. The third-order valence-corrected chi connectivity index (χ3v) is 15.0. The number of aromatic nitrogens is 2. The molecule has 5 aliphatic rings. The predicted octanol–water partition coefficient (Wildman–Crippen LogP) is 7.97. The van der Waals surface area contributed by atoms with Crippen LogP contribution in [0.5, 0.6) is 11.5 Å². The summed E-state index contributed by atoms with van der Waals surface area (Å²) in [6.45, 7) is 5.62. The lowest BCUT2D eigenvalue weighted by Gasteiger charge is -2.56. The molecule has 5 fully saturated rings. The van der Waals surface area contributed by atoms with Crippen molar-refractivity contribution in [3.05, 3.63) is 106 Å². The lowest BCUT2D eigenvalue weighted by atomic mass is 9.60. The number of sulfonamides is 1. The number of benzene rings is 3. The highest BCUT2D eigenvalue weighted by Crippen LogP contribution is 2.53. The molecule has 15 nitrogen and oxygen atoms in total. The molecule has 2 saturated carbocycles. The van der Waals surface area contributed by atoms with Crippen LogP contribution in [-0.4, -0.2) is 86.2 Å². The van der Waals surface area contributed by atoms with E-state index in [1.54, 1.807) is 30.6 Å². The van der Waals surface area contributed by atoms with Gasteiger partial charge < -0.3 is 29.7 Å². The number of hydrazine groups is 1. The lowest BCUT2D eigenvalue weighted by Crippen LogP contribution is -2.57. The summed E-state index contributed by atoms with van der Waals surface area (Å²) in [5.41, 5.74) is 4.53. The molecule has 1 spiro atoms. The van der Waals surface area contributed by atoms with Crippen molar-refractivity contribution < 1.29 is 27.6 Å². The van der Waals surface area contributed by atoms with Gasteiger partial charge in [0.15, 0.2) is 0 Å². The Morgan fingerprint density at radius 1 is 0.968 bits per heavy atom. The molecule has 5 heterocycles. The van der Waals surface area contributed by atoms with Crippen molar-refractivity contribution in [1.29, 1.82) is 0 Å². The summed E-state index contributed by atoms with van der Waals surface area (Å²) in [6.07, 6.45) is 13.2. The molecule has 1 amide bonds. The fourth-order valence-electron chi connectivity index (χ4n) is 10.0. The van der Waals surface area contributed by atoms with Crippen LogP contribution in [0.4, 0.5) is 22.7 Å². The number of H-pyrrole nitrogens is 1. The van der Waals surface area contributed by atoms with Crippen molar-refractivity contribution in [1.82, 2.24) is 19.7 Å². The third-order valence-electron chi connectivity index (χ3n) is 13.7. The number of hydrogen-bond acceptors (Lipinski definition) is 12. The highest BCUT2D eigenvalue weighted by atomic mass is 32.2. The molecule has 3 saturated heterocycles. The van der Waals surface area contributed by atoms with Crippen molar-refractivity contribution in [2.75, 3.05) is 61.2 Å². The zero-order valence-electron chi connectivity index (χ0n) is 34.6. The molecule has 3 N–H and O–H groups in total. The maximum Gasteiger partial charge on any atom is 0.293 e. The van der Waals surface area contributed by atoms with E-state index >= 15 is 0 Å². The molecule has 324 valence electrons. The van der Waals surface area contributed by atoms with E-state index in [1.165, 1.54) is 55.5 Å². The minimum atomic E-state index is -4.54. The molecular formula is C46H52N8O7S. The summed E-state index contributed by atoms with van der Waals surface area (Å²) in [7, 11) is -4.54. The fourth-order valence-corrected chi connectivity index (χ4v) is 11.0. The largest absolute Gasteiger partial charge is 0.455 e. The molecule has 0 atom stereocenters. The van der Waals surface area contributed by atoms with Gasteiger partial charge in [0.25, 0.3) is 21.6 Å². The zero-order chi connectivity index (χ0) is 42.4. The van der Waals surface area contributed by atoms with Crippen LogP contribution in [0.15, 0.2) is 90.1 Å². The Morgan fingerprint density at radius 3 is 2.56 bits per heavy atom. The number of anilines is 3. The summed E-state index contributed by atoms with van der Waals surface area (Å²) in [4.78, 5) is 34.8. The Labute approximate surface area is 360 Å². The van der Waals surface area contributed by atoms with Crippen LogP contribution in [0.1, 0.15) is 79.6 Å². The molecule has 0 radical (unpaired) electrons. The number of hydrogen-bond donors (Lipinski definition) is 3. The average molecular weight is 861 g/mol. The van der Waals surface area contributed by atoms with E-state index in [1.807, 2.05) is 12.1 Å². The number of nitro benzene ring substituents is 1. The first-order valence-corrected chi connectivity index (χ1v) is 23.4. The van der Waals surface area contributed by atoms with Gasteiger partial charge in [-0.2, -0.15) is 0 Å². The normalized spacial score (nSPS) is 19.7. The van der Waals surface area contributed by atoms with E-state index in [0.717, 1.165) is 69.0 Å². The van der Waals surface area contributed by atoms with Crippen LogP contribution in [0.2, 0.25) is 0 Å². The predicted molar refractivity (Wildman–Crippen MR) is 236 cm³/mol. The molecule has 2 aliphatic carbocycles. The summed E-state index contributed by atoms with van der Waals surface area (Å²) in [5, 5.41) is 21.2. The molecule has 3 aliphatic heterocycles. The molecule has 5 aromatic rings. The number of ether oxygens (including phenoxy) is 2. The number of fused-ring (bicyclic) bond motifs is 1. The van der Waals surface area contributed by atoms with E-state index in [9.17, 15) is 23.3 Å². The summed E-state index contributed by atoms with van der Waals surface area (Å²) in [6, 6.07) is 22.0. The van der Waals surface area contributed by atoms with Crippen LogP contribution in [0, 0.1) is 21.4 Å². The second-order valence-electron chi connectivity index (χ2n) is 17.7.